The zero-order chi connectivity index (χ0) is 28.7. The lowest BCUT2D eigenvalue weighted by molar-refractivity contribution is -0.138. The Labute approximate surface area is 242 Å². The number of hydrogen-bond donors (Lipinski definition) is 2. The third-order valence-electron chi connectivity index (χ3n) is 8.18. The maximum absolute atomic E-state index is 14.0. The van der Waals surface area contributed by atoms with Gasteiger partial charge in [0.15, 0.2) is 0 Å². The maximum Gasteiger partial charge on any atom is 0.319 e. The lowest BCUT2D eigenvalue weighted by atomic mass is 9.71. The van der Waals surface area contributed by atoms with Gasteiger partial charge in [-0.15, -0.1) is 0 Å². The molecule has 0 unspecified atom stereocenters. The molecule has 1 saturated heterocycles. The van der Waals surface area contributed by atoms with E-state index in [9.17, 15) is 9.59 Å². The Balaban J connectivity index is 1.16. The molecule has 41 heavy (non-hydrogen) atoms. The highest BCUT2D eigenvalue weighted by molar-refractivity contribution is 6.00. The number of amides is 3. The topological polar surface area (TPSA) is 77.6 Å². The third kappa shape index (κ3) is 6.74. The lowest BCUT2D eigenvalue weighted by Crippen LogP contribution is -2.53. The fourth-order valence-corrected chi connectivity index (χ4v) is 5.86. The van der Waals surface area contributed by atoms with Crippen molar-refractivity contribution in [2.24, 2.45) is 0 Å². The number of benzene rings is 3. The third-order valence-corrected chi connectivity index (χ3v) is 8.18. The smallest absolute Gasteiger partial charge is 0.319 e. The minimum atomic E-state index is -0.533. The van der Waals surface area contributed by atoms with Crippen molar-refractivity contribution < 1.29 is 9.59 Å². The minimum absolute atomic E-state index is 0.191. The first kappa shape index (κ1) is 28.3. The average molecular weight is 550 g/mol. The number of nitrogens with one attached hydrogen (secondary N) is 2. The number of anilines is 1. The molecule has 212 valence electrons. The van der Waals surface area contributed by atoms with Crippen LogP contribution in [0.25, 0.3) is 10.9 Å². The summed E-state index contributed by atoms with van der Waals surface area (Å²) in [5.41, 5.74) is 4.26. The van der Waals surface area contributed by atoms with Crippen molar-refractivity contribution in [2.45, 2.75) is 31.6 Å². The van der Waals surface area contributed by atoms with Crippen LogP contribution in [0.1, 0.15) is 29.7 Å². The Morgan fingerprint density at radius 3 is 2.32 bits per heavy atom. The number of likely N-dealkylation sites (tertiary alicyclic amines) is 1. The van der Waals surface area contributed by atoms with Crippen LogP contribution in [0, 0.1) is 6.92 Å². The number of aryl methyl sites for hydroxylation is 1. The number of hydrogen-bond acceptors (Lipinski definition) is 4. The van der Waals surface area contributed by atoms with Crippen molar-refractivity contribution in [1.82, 2.24) is 20.1 Å². The van der Waals surface area contributed by atoms with E-state index in [2.05, 4.69) is 44.8 Å². The average Bonchev–Trinajstić information content (AvgIpc) is 3.01. The highest BCUT2D eigenvalue weighted by Crippen LogP contribution is 2.37. The van der Waals surface area contributed by atoms with Gasteiger partial charge in [-0.25, -0.2) is 4.79 Å². The SMILES string of the molecule is Cc1cc(NC(=O)NCCN2CCC(C(=O)N(C)CCc3ccccc3)(c3ccccc3)CC2)c2ccccc2n1. The van der Waals surface area contributed by atoms with E-state index >= 15 is 0 Å². The van der Waals surface area contributed by atoms with Crippen LogP contribution in [-0.2, 0) is 16.6 Å². The summed E-state index contributed by atoms with van der Waals surface area (Å²) in [7, 11) is 1.93. The van der Waals surface area contributed by atoms with Crippen molar-refractivity contribution in [2.75, 3.05) is 45.1 Å². The standard InChI is InChI=1S/C34H39N5O2/c1-26-25-31(29-15-9-10-16-30(29)36-26)37-33(41)35-20-24-39-22-18-34(19-23-39,28-13-7-4-8-14-28)32(40)38(2)21-17-27-11-5-3-6-12-27/h3-16,25H,17-24H2,1-2H3,(H2,35,36,37,41). The van der Waals surface area contributed by atoms with Gasteiger partial charge in [-0.1, -0.05) is 78.9 Å². The number of urea groups is 1. The van der Waals surface area contributed by atoms with E-state index < -0.39 is 5.41 Å². The lowest BCUT2D eigenvalue weighted by Gasteiger charge is -2.43. The molecule has 0 saturated carbocycles. The van der Waals surface area contributed by atoms with Gasteiger partial charge in [0.1, 0.15) is 0 Å². The number of fused-ring (bicyclic) bond motifs is 1. The van der Waals surface area contributed by atoms with Gasteiger partial charge in [-0.2, -0.15) is 0 Å². The molecule has 1 aromatic heterocycles. The summed E-state index contributed by atoms with van der Waals surface area (Å²) in [4.78, 5) is 35.5. The Morgan fingerprint density at radius 2 is 1.59 bits per heavy atom. The molecule has 3 amide bonds. The molecule has 1 aliphatic heterocycles. The van der Waals surface area contributed by atoms with E-state index in [0.717, 1.165) is 66.7 Å². The van der Waals surface area contributed by atoms with E-state index in [-0.39, 0.29) is 11.9 Å². The molecule has 2 heterocycles. The fourth-order valence-electron chi connectivity index (χ4n) is 5.86. The van der Waals surface area contributed by atoms with Crippen LogP contribution in [0.3, 0.4) is 0 Å². The Kier molecular flexibility index (Phi) is 8.95. The van der Waals surface area contributed by atoms with Gasteiger partial charge in [0, 0.05) is 37.8 Å². The maximum atomic E-state index is 14.0. The number of carbonyl (C=O) groups is 2. The molecule has 3 aromatic carbocycles. The van der Waals surface area contributed by atoms with Gasteiger partial charge in [-0.3, -0.25) is 9.78 Å². The zero-order valence-electron chi connectivity index (χ0n) is 24.0. The van der Waals surface area contributed by atoms with Crippen LogP contribution < -0.4 is 10.6 Å². The second-order valence-corrected chi connectivity index (χ2v) is 11.0. The molecule has 0 aliphatic carbocycles. The molecule has 7 nitrogen and oxygen atoms in total. The number of rotatable bonds is 9. The molecule has 0 spiro atoms. The second kappa shape index (κ2) is 13.0. The van der Waals surface area contributed by atoms with Crippen molar-refractivity contribution in [3.8, 4) is 0 Å². The zero-order valence-corrected chi connectivity index (χ0v) is 24.0. The molecule has 0 radical (unpaired) electrons. The van der Waals surface area contributed by atoms with E-state index in [4.69, 9.17) is 0 Å². The summed E-state index contributed by atoms with van der Waals surface area (Å²) < 4.78 is 0. The number of carbonyl (C=O) groups excluding carboxylic acids is 2. The fraction of sp³-hybridized carbons (Fsp3) is 0.324. The van der Waals surface area contributed by atoms with Gasteiger partial charge in [0.2, 0.25) is 5.91 Å². The van der Waals surface area contributed by atoms with Gasteiger partial charge in [0.05, 0.1) is 16.6 Å². The number of aromatic nitrogens is 1. The van der Waals surface area contributed by atoms with Gasteiger partial charge >= 0.3 is 6.03 Å². The van der Waals surface area contributed by atoms with Crippen molar-refractivity contribution in [1.29, 1.82) is 0 Å². The van der Waals surface area contributed by atoms with Crippen molar-refractivity contribution in [3.63, 3.8) is 0 Å². The van der Waals surface area contributed by atoms with Crippen molar-refractivity contribution in [3.05, 3.63) is 108 Å². The Bertz CT molecular complexity index is 1470. The highest BCUT2D eigenvalue weighted by atomic mass is 16.2. The molecule has 0 bridgehead atoms. The predicted octanol–water partition coefficient (Wildman–Crippen LogP) is 5.40. The van der Waals surface area contributed by atoms with E-state index in [0.29, 0.717) is 13.1 Å². The van der Waals surface area contributed by atoms with E-state index in [1.165, 1.54) is 5.56 Å². The monoisotopic (exact) mass is 549 g/mol. The Morgan fingerprint density at radius 1 is 0.927 bits per heavy atom. The molecular weight excluding hydrogens is 510 g/mol. The summed E-state index contributed by atoms with van der Waals surface area (Å²) in [6, 6.07) is 30.0. The summed E-state index contributed by atoms with van der Waals surface area (Å²) in [6.45, 7) is 5.46. The molecular formula is C34H39N5O2. The molecule has 4 aromatic rings. The molecule has 1 fully saturated rings. The van der Waals surface area contributed by atoms with E-state index in [1.54, 1.807) is 0 Å². The normalized spacial score (nSPS) is 14.9. The van der Waals surface area contributed by atoms with Crippen LogP contribution in [0.2, 0.25) is 0 Å². The number of pyridine rings is 1. The number of para-hydroxylation sites is 1. The van der Waals surface area contributed by atoms with Gasteiger partial charge < -0.3 is 20.4 Å². The molecule has 1 aliphatic rings. The first-order chi connectivity index (χ1) is 19.9. The first-order valence-corrected chi connectivity index (χ1v) is 14.4. The quantitative estimate of drug-likeness (QED) is 0.293. The minimum Gasteiger partial charge on any atom is -0.345 e. The van der Waals surface area contributed by atoms with Crippen LogP contribution in [0.4, 0.5) is 10.5 Å². The summed E-state index contributed by atoms with van der Waals surface area (Å²) >= 11 is 0. The number of likely N-dealkylation sites (N-methyl/N-ethyl adjacent to an activating group) is 1. The summed E-state index contributed by atoms with van der Waals surface area (Å²) in [6.07, 6.45) is 2.34. The molecule has 0 atom stereocenters. The van der Waals surface area contributed by atoms with Crippen molar-refractivity contribution >= 4 is 28.5 Å². The molecule has 7 heteroatoms. The Hall–Kier alpha value is -4.23. The number of piperidine rings is 1. The van der Waals surface area contributed by atoms with Crippen LogP contribution in [-0.4, -0.2) is 66.5 Å². The highest BCUT2D eigenvalue weighted by Gasteiger charge is 2.44. The summed E-state index contributed by atoms with van der Waals surface area (Å²) in [5, 5.41) is 6.91. The number of nitrogens with zero attached hydrogens (tertiary/aromatic N) is 3. The predicted molar refractivity (Wildman–Crippen MR) is 165 cm³/mol. The van der Waals surface area contributed by atoms with Crippen LogP contribution in [0.5, 0.6) is 0 Å². The van der Waals surface area contributed by atoms with E-state index in [1.807, 2.05) is 85.6 Å². The molecule has 2 N–H and O–H groups in total. The van der Waals surface area contributed by atoms with Gasteiger partial charge in [-0.05, 0) is 62.5 Å². The van der Waals surface area contributed by atoms with Crippen LogP contribution in [0.15, 0.2) is 91.0 Å². The largest absolute Gasteiger partial charge is 0.345 e. The van der Waals surface area contributed by atoms with Crippen LogP contribution >= 0.6 is 0 Å². The van der Waals surface area contributed by atoms with Gasteiger partial charge in [0.25, 0.3) is 0 Å². The molecule has 5 rings (SSSR count). The second-order valence-electron chi connectivity index (χ2n) is 11.0. The first-order valence-electron chi connectivity index (χ1n) is 14.4. The summed E-state index contributed by atoms with van der Waals surface area (Å²) in [5.74, 6) is 0.191.